The van der Waals surface area contributed by atoms with Crippen LogP contribution in [0.3, 0.4) is 0 Å². The molecule has 0 nitrogen and oxygen atoms in total. The van der Waals surface area contributed by atoms with Crippen LogP contribution in [0, 0.1) is 39.5 Å². The van der Waals surface area contributed by atoms with Crippen LogP contribution < -0.4 is 0 Å². The van der Waals surface area contributed by atoms with Crippen LogP contribution in [0.15, 0.2) is 132 Å². The van der Waals surface area contributed by atoms with Gasteiger partial charge in [-0.3, -0.25) is 0 Å². The molecule has 4 atom stereocenters. The molecule has 0 fully saturated rings. The number of rotatable bonds is 10. The van der Waals surface area contributed by atoms with Crippen molar-refractivity contribution in [3.63, 3.8) is 0 Å². The third-order valence-electron chi connectivity index (χ3n) is 14.1. The second kappa shape index (κ2) is 15.5. The van der Waals surface area contributed by atoms with Crippen LogP contribution in [0.5, 0.6) is 0 Å². The summed E-state index contributed by atoms with van der Waals surface area (Å²) in [6.45, 7) is 21.1. The van der Waals surface area contributed by atoms with Gasteiger partial charge in [-0.2, -0.15) is 0 Å². The van der Waals surface area contributed by atoms with Gasteiger partial charge in [-0.25, -0.2) is 0 Å². The molecule has 0 N–H and O–H groups in total. The monoisotopic (exact) mass is 852 g/mol. The van der Waals surface area contributed by atoms with Gasteiger partial charge in [0.15, 0.2) is 0 Å². The molecule has 294 valence electrons. The molecule has 0 saturated carbocycles. The van der Waals surface area contributed by atoms with Gasteiger partial charge in [0.2, 0.25) is 0 Å². The molecule has 2 aliphatic rings. The van der Waals surface area contributed by atoms with E-state index in [9.17, 15) is 0 Å². The molecule has 2 aliphatic carbocycles. The minimum atomic E-state index is -4.21. The molecular formula is C56H62SiZr. The summed E-state index contributed by atoms with van der Waals surface area (Å²) in [5, 5.41) is 0. The summed E-state index contributed by atoms with van der Waals surface area (Å²) in [5.74, 6) is 0.943. The third-order valence-corrected chi connectivity index (χ3v) is 31.4. The van der Waals surface area contributed by atoms with E-state index >= 15 is 0 Å². The van der Waals surface area contributed by atoms with E-state index in [1.54, 1.807) is 22.3 Å². The standard InChI is InChI=1S/2C27H27.2CH3.H2Si.Zr/c2*1-5-20(4)23-16-26-24(21-10-6-18(2)7-11-21)14-15-25(27(26)17-23)22-12-8-19(3)9-13-22;;;;/h2*6-17,20H,5H2,1-4H3;2*1H3;1H2;. The van der Waals surface area contributed by atoms with E-state index in [4.69, 9.17) is 0 Å². The SMILES string of the molecule is CCC(C)C1=Cc2c(-c3ccc(C)cc3)ccc(-c3ccc(C)cc3)c2[CH]1[Zr]([CH3])([CH3])(=[SiH2])[CH]1C(C(C)CC)=Cc2c(-c3ccc(C)cc3)ccc(-c3ccc(C)cc3)c21. The summed E-state index contributed by atoms with van der Waals surface area (Å²) in [5.41, 5.74) is 25.5. The van der Waals surface area contributed by atoms with Crippen LogP contribution in [0.1, 0.15) is 92.3 Å². The summed E-state index contributed by atoms with van der Waals surface area (Å²) in [4.78, 5) is 0. The number of fused-ring (bicyclic) bond motifs is 2. The van der Waals surface area contributed by atoms with Gasteiger partial charge in [-0.05, 0) is 0 Å². The van der Waals surface area contributed by atoms with Gasteiger partial charge >= 0.3 is 355 Å². The Morgan fingerprint density at radius 3 is 0.966 bits per heavy atom. The van der Waals surface area contributed by atoms with Crippen molar-refractivity contribution in [2.24, 2.45) is 11.8 Å². The van der Waals surface area contributed by atoms with E-state index in [1.807, 2.05) is 0 Å². The summed E-state index contributed by atoms with van der Waals surface area (Å²) in [7, 11) is 0. The van der Waals surface area contributed by atoms with Crippen LogP contribution in [0.4, 0.5) is 0 Å². The number of benzene rings is 6. The number of hydrogen-bond donors (Lipinski definition) is 0. The molecule has 0 spiro atoms. The fourth-order valence-corrected chi connectivity index (χ4v) is 29.9. The zero-order valence-electron chi connectivity index (χ0n) is 36.6. The molecule has 8 rings (SSSR count). The Balaban J connectivity index is 1.47. The zero-order chi connectivity index (χ0) is 41.1. The zero-order valence-corrected chi connectivity index (χ0v) is 40.5. The van der Waals surface area contributed by atoms with Crippen molar-refractivity contribution in [3.8, 4) is 44.5 Å². The molecule has 0 aromatic heterocycles. The first kappa shape index (κ1) is 40.7. The predicted molar refractivity (Wildman–Crippen MR) is 254 cm³/mol. The van der Waals surface area contributed by atoms with Gasteiger partial charge in [0, 0.05) is 0 Å². The Bertz CT molecular complexity index is 2460. The van der Waals surface area contributed by atoms with Crippen molar-refractivity contribution in [1.29, 1.82) is 0 Å². The summed E-state index contributed by atoms with van der Waals surface area (Å²) < 4.78 is 6.48. The molecule has 0 radical (unpaired) electrons. The Morgan fingerprint density at radius 2 is 0.690 bits per heavy atom. The minimum absolute atomic E-state index is 0.378. The quantitative estimate of drug-likeness (QED) is 0.120. The number of hydrogen-bond acceptors (Lipinski definition) is 0. The molecule has 6 aromatic rings. The van der Waals surface area contributed by atoms with Gasteiger partial charge in [0.05, 0.1) is 0 Å². The maximum absolute atomic E-state index is 4.21. The van der Waals surface area contributed by atoms with Gasteiger partial charge in [-0.1, -0.05) is 0 Å². The van der Waals surface area contributed by atoms with Crippen molar-refractivity contribution in [2.45, 2.75) is 84.7 Å². The molecule has 4 unspecified atom stereocenters. The van der Waals surface area contributed by atoms with Gasteiger partial charge in [0.25, 0.3) is 0 Å². The van der Waals surface area contributed by atoms with E-state index < -0.39 is 17.4 Å². The fraction of sp³-hybridized carbons (Fsp3) is 0.286. The van der Waals surface area contributed by atoms with E-state index in [0.717, 1.165) is 12.8 Å². The van der Waals surface area contributed by atoms with E-state index in [0.29, 0.717) is 19.1 Å². The van der Waals surface area contributed by atoms with Crippen molar-refractivity contribution in [3.05, 3.63) is 177 Å². The van der Waals surface area contributed by atoms with Gasteiger partial charge in [0.1, 0.15) is 0 Å². The summed E-state index contributed by atoms with van der Waals surface area (Å²) in [6.07, 6.45) is 7.65. The van der Waals surface area contributed by atoms with Crippen LogP contribution in [0.2, 0.25) is 9.26 Å². The Hall–Kier alpha value is -4.10. The first-order valence-corrected chi connectivity index (χ1v) is 35.5. The van der Waals surface area contributed by atoms with Gasteiger partial charge < -0.3 is 0 Å². The Morgan fingerprint density at radius 1 is 0.431 bits per heavy atom. The van der Waals surface area contributed by atoms with Crippen molar-refractivity contribution < 1.29 is 17.4 Å². The fourth-order valence-electron chi connectivity index (χ4n) is 10.5. The summed E-state index contributed by atoms with van der Waals surface area (Å²) >= 11 is -4.21. The van der Waals surface area contributed by atoms with E-state index in [1.165, 1.54) is 77.9 Å². The van der Waals surface area contributed by atoms with Crippen LogP contribution in [-0.4, -0.2) is 6.88 Å². The Labute approximate surface area is 352 Å². The molecule has 58 heavy (non-hydrogen) atoms. The van der Waals surface area contributed by atoms with Gasteiger partial charge in [-0.15, -0.1) is 0 Å². The second-order valence-corrected chi connectivity index (χ2v) is 49.6. The Kier molecular flexibility index (Phi) is 10.9. The molecule has 0 aliphatic heterocycles. The molecular weight excluding hydrogens is 792 g/mol. The van der Waals surface area contributed by atoms with Crippen LogP contribution >= 0.6 is 0 Å². The second-order valence-electron chi connectivity index (χ2n) is 19.2. The number of aryl methyl sites for hydroxylation is 4. The maximum atomic E-state index is 2.86. The third kappa shape index (κ3) is 7.07. The average molecular weight is 854 g/mol. The topological polar surface area (TPSA) is 0 Å². The summed E-state index contributed by atoms with van der Waals surface area (Å²) in [6, 6.07) is 47.0. The van der Waals surface area contributed by atoms with E-state index in [-0.39, 0.29) is 0 Å². The van der Waals surface area contributed by atoms with Crippen molar-refractivity contribution >= 4 is 19.0 Å². The van der Waals surface area contributed by atoms with Crippen molar-refractivity contribution in [2.75, 3.05) is 0 Å². The normalized spacial score (nSPS) is 17.4. The first-order chi connectivity index (χ1) is 27.7. The molecule has 6 aromatic carbocycles. The molecule has 0 saturated heterocycles. The van der Waals surface area contributed by atoms with Crippen LogP contribution in [0.25, 0.3) is 56.7 Å². The van der Waals surface area contributed by atoms with E-state index in [2.05, 4.69) is 205 Å². The molecule has 0 bridgehead atoms. The predicted octanol–water partition coefficient (Wildman–Crippen LogP) is 15.6. The molecule has 0 heterocycles. The molecule has 2 heteroatoms. The van der Waals surface area contributed by atoms with Crippen molar-refractivity contribution in [1.82, 2.24) is 0 Å². The number of allylic oxidation sites excluding steroid dienone is 2. The average Bonchev–Trinajstić information content (AvgIpc) is 3.84. The molecule has 0 amide bonds. The first-order valence-electron chi connectivity index (χ1n) is 21.8. The van der Waals surface area contributed by atoms with Crippen LogP contribution in [-0.2, 0) is 17.4 Å².